The monoisotopic (exact) mass is 393 g/mol. The van der Waals surface area contributed by atoms with Gasteiger partial charge in [0.2, 0.25) is 0 Å². The first-order chi connectivity index (χ1) is 11.9. The largest absolute Gasteiger partial charge is 0.456 e. The summed E-state index contributed by atoms with van der Waals surface area (Å²) in [6.07, 6.45) is 0. The Morgan fingerprint density at radius 2 is 1.56 bits per heavy atom. The van der Waals surface area contributed by atoms with Gasteiger partial charge in [-0.05, 0) is 54.6 Å². The highest BCUT2D eigenvalue weighted by molar-refractivity contribution is 7.92. The summed E-state index contributed by atoms with van der Waals surface area (Å²) in [5.74, 6) is 0.978. The standard InChI is InChI=1S/C18H13Cl2NO3S/c19-13-4-3-5-14(12-13)21-25(22,23)16-10-8-15(9-11-16)24-18-7-2-1-6-17(18)20/h1-12,21H. The van der Waals surface area contributed by atoms with Crippen molar-refractivity contribution in [2.75, 3.05) is 4.72 Å². The second kappa shape index (κ2) is 7.35. The number of nitrogens with one attached hydrogen (secondary N) is 1. The molecule has 0 atom stereocenters. The van der Waals surface area contributed by atoms with Crippen LogP contribution in [0.4, 0.5) is 5.69 Å². The van der Waals surface area contributed by atoms with Gasteiger partial charge in [-0.25, -0.2) is 8.42 Å². The smallest absolute Gasteiger partial charge is 0.261 e. The molecule has 3 aromatic rings. The minimum atomic E-state index is -3.72. The Bertz CT molecular complexity index is 989. The maximum Gasteiger partial charge on any atom is 0.261 e. The van der Waals surface area contributed by atoms with Crippen molar-refractivity contribution in [2.45, 2.75) is 4.90 Å². The van der Waals surface area contributed by atoms with E-state index in [-0.39, 0.29) is 4.90 Å². The Hall–Kier alpha value is -2.21. The van der Waals surface area contributed by atoms with Crippen molar-refractivity contribution in [3.05, 3.63) is 82.8 Å². The van der Waals surface area contributed by atoms with Gasteiger partial charge in [-0.15, -0.1) is 0 Å². The molecule has 3 aromatic carbocycles. The predicted octanol–water partition coefficient (Wildman–Crippen LogP) is 5.59. The van der Waals surface area contributed by atoms with Gasteiger partial charge in [0.15, 0.2) is 0 Å². The van der Waals surface area contributed by atoms with Crippen molar-refractivity contribution in [3.8, 4) is 11.5 Å². The molecule has 128 valence electrons. The Morgan fingerprint density at radius 1 is 0.840 bits per heavy atom. The normalized spacial score (nSPS) is 11.1. The summed E-state index contributed by atoms with van der Waals surface area (Å²) in [6.45, 7) is 0. The molecule has 0 aliphatic carbocycles. The SMILES string of the molecule is O=S(=O)(Nc1cccc(Cl)c1)c1ccc(Oc2ccccc2Cl)cc1. The number of benzene rings is 3. The molecule has 25 heavy (non-hydrogen) atoms. The molecule has 0 aliphatic rings. The minimum Gasteiger partial charge on any atom is -0.456 e. The van der Waals surface area contributed by atoms with Gasteiger partial charge < -0.3 is 4.74 Å². The first-order valence-electron chi connectivity index (χ1n) is 7.25. The molecule has 0 radical (unpaired) electrons. The molecular weight excluding hydrogens is 381 g/mol. The molecule has 0 saturated carbocycles. The Balaban J connectivity index is 1.78. The van der Waals surface area contributed by atoms with Crippen LogP contribution in [0.3, 0.4) is 0 Å². The van der Waals surface area contributed by atoms with E-state index < -0.39 is 10.0 Å². The first kappa shape index (κ1) is 17.6. The molecule has 0 saturated heterocycles. The summed E-state index contributed by atoms with van der Waals surface area (Å²) in [5.41, 5.74) is 0.392. The van der Waals surface area contributed by atoms with E-state index in [1.165, 1.54) is 18.2 Å². The lowest BCUT2D eigenvalue weighted by molar-refractivity contribution is 0.482. The van der Waals surface area contributed by atoms with Gasteiger partial charge in [0.25, 0.3) is 10.0 Å². The van der Waals surface area contributed by atoms with E-state index >= 15 is 0 Å². The molecule has 3 rings (SSSR count). The number of anilines is 1. The summed E-state index contributed by atoms with van der Waals surface area (Å²) in [6, 6.07) is 19.6. The van der Waals surface area contributed by atoms with E-state index in [1.807, 2.05) is 0 Å². The quantitative estimate of drug-likeness (QED) is 0.614. The van der Waals surface area contributed by atoms with Crippen molar-refractivity contribution < 1.29 is 13.2 Å². The van der Waals surface area contributed by atoms with Crippen molar-refractivity contribution >= 4 is 38.9 Å². The first-order valence-corrected chi connectivity index (χ1v) is 9.49. The second-order valence-corrected chi connectivity index (χ2v) is 7.65. The molecule has 1 N–H and O–H groups in total. The van der Waals surface area contributed by atoms with Gasteiger partial charge >= 0.3 is 0 Å². The van der Waals surface area contributed by atoms with Crippen LogP contribution < -0.4 is 9.46 Å². The average molecular weight is 394 g/mol. The van der Waals surface area contributed by atoms with E-state index in [2.05, 4.69) is 4.72 Å². The number of ether oxygens (including phenoxy) is 1. The van der Waals surface area contributed by atoms with Crippen molar-refractivity contribution in [3.63, 3.8) is 0 Å². The third kappa shape index (κ3) is 4.45. The van der Waals surface area contributed by atoms with E-state index in [9.17, 15) is 8.42 Å². The van der Waals surface area contributed by atoms with Crippen LogP contribution in [0.2, 0.25) is 10.0 Å². The van der Waals surface area contributed by atoms with Crippen LogP contribution in [-0.4, -0.2) is 8.42 Å². The zero-order chi connectivity index (χ0) is 17.9. The van der Waals surface area contributed by atoms with Gasteiger partial charge in [0.1, 0.15) is 11.5 Å². The number of para-hydroxylation sites is 1. The molecule has 0 heterocycles. The lowest BCUT2D eigenvalue weighted by atomic mass is 10.3. The predicted molar refractivity (Wildman–Crippen MR) is 100 cm³/mol. The highest BCUT2D eigenvalue weighted by atomic mass is 35.5. The topological polar surface area (TPSA) is 55.4 Å². The molecule has 4 nitrogen and oxygen atoms in total. The summed E-state index contributed by atoms with van der Waals surface area (Å²) in [7, 11) is -3.72. The summed E-state index contributed by atoms with van der Waals surface area (Å²) in [5, 5.41) is 0.922. The molecule has 0 amide bonds. The summed E-state index contributed by atoms with van der Waals surface area (Å²) >= 11 is 11.9. The maximum absolute atomic E-state index is 12.4. The molecule has 0 unspecified atom stereocenters. The molecule has 0 spiro atoms. The fraction of sp³-hybridized carbons (Fsp3) is 0. The van der Waals surface area contributed by atoms with Gasteiger partial charge in [-0.1, -0.05) is 41.4 Å². The molecule has 0 fully saturated rings. The Kier molecular flexibility index (Phi) is 5.18. The minimum absolute atomic E-state index is 0.110. The summed E-state index contributed by atoms with van der Waals surface area (Å²) < 4.78 is 33.0. The van der Waals surface area contributed by atoms with Crippen LogP contribution in [0.5, 0.6) is 11.5 Å². The van der Waals surface area contributed by atoms with Gasteiger partial charge in [-0.3, -0.25) is 4.72 Å². The molecule has 0 aliphatic heterocycles. The van der Waals surface area contributed by atoms with Crippen LogP contribution in [0.15, 0.2) is 77.7 Å². The number of halogens is 2. The zero-order valence-electron chi connectivity index (χ0n) is 12.8. The fourth-order valence-corrected chi connectivity index (χ4v) is 3.52. The lowest BCUT2D eigenvalue weighted by Crippen LogP contribution is -2.12. The fourth-order valence-electron chi connectivity index (χ4n) is 2.11. The lowest BCUT2D eigenvalue weighted by Gasteiger charge is -2.10. The molecule has 0 bridgehead atoms. The zero-order valence-corrected chi connectivity index (χ0v) is 15.1. The van der Waals surface area contributed by atoms with E-state index in [0.29, 0.717) is 27.2 Å². The van der Waals surface area contributed by atoms with Crippen LogP contribution in [-0.2, 0) is 10.0 Å². The number of hydrogen-bond donors (Lipinski definition) is 1. The van der Waals surface area contributed by atoms with Crippen molar-refractivity contribution in [1.82, 2.24) is 0 Å². The van der Waals surface area contributed by atoms with Crippen molar-refractivity contribution in [1.29, 1.82) is 0 Å². The second-order valence-electron chi connectivity index (χ2n) is 5.12. The molecule has 7 heteroatoms. The average Bonchev–Trinajstić information content (AvgIpc) is 2.57. The number of hydrogen-bond acceptors (Lipinski definition) is 3. The van der Waals surface area contributed by atoms with Gasteiger partial charge in [0.05, 0.1) is 15.6 Å². The van der Waals surface area contributed by atoms with Gasteiger partial charge in [0, 0.05) is 5.02 Å². The van der Waals surface area contributed by atoms with E-state index in [4.69, 9.17) is 27.9 Å². The van der Waals surface area contributed by atoms with Crippen LogP contribution in [0.1, 0.15) is 0 Å². The van der Waals surface area contributed by atoms with Crippen molar-refractivity contribution in [2.24, 2.45) is 0 Å². The van der Waals surface area contributed by atoms with E-state index in [0.717, 1.165) is 0 Å². The number of rotatable bonds is 5. The Labute approximate surface area is 156 Å². The maximum atomic E-state index is 12.4. The summed E-state index contributed by atoms with van der Waals surface area (Å²) in [4.78, 5) is 0.110. The van der Waals surface area contributed by atoms with Crippen LogP contribution in [0, 0.1) is 0 Å². The third-order valence-electron chi connectivity index (χ3n) is 3.28. The highest BCUT2D eigenvalue weighted by Gasteiger charge is 2.14. The van der Waals surface area contributed by atoms with Gasteiger partial charge in [-0.2, -0.15) is 0 Å². The third-order valence-corrected chi connectivity index (χ3v) is 5.22. The Morgan fingerprint density at radius 3 is 2.24 bits per heavy atom. The number of sulfonamides is 1. The van der Waals surface area contributed by atoms with E-state index in [1.54, 1.807) is 54.6 Å². The van der Waals surface area contributed by atoms with Crippen LogP contribution >= 0.6 is 23.2 Å². The highest BCUT2D eigenvalue weighted by Crippen LogP contribution is 2.29. The van der Waals surface area contributed by atoms with Crippen LogP contribution in [0.25, 0.3) is 0 Å². The molecular formula is C18H13Cl2NO3S. The molecule has 0 aromatic heterocycles.